The van der Waals surface area contributed by atoms with Gasteiger partial charge in [0.1, 0.15) is 0 Å². The lowest BCUT2D eigenvalue weighted by Gasteiger charge is -2.38. The number of carbonyl (C=O) groups excluding carboxylic acids is 1. The van der Waals surface area contributed by atoms with Crippen LogP contribution in [0, 0.1) is 0 Å². The lowest BCUT2D eigenvalue weighted by molar-refractivity contribution is -0.192. The summed E-state index contributed by atoms with van der Waals surface area (Å²) >= 11 is 1.67. The maximum atomic E-state index is 12.2. The Balaban J connectivity index is 0.000000318. The summed E-state index contributed by atoms with van der Waals surface area (Å²) in [5.74, 6) is -2.18. The maximum Gasteiger partial charge on any atom is 0.490 e. The molecule has 0 aliphatic carbocycles. The fourth-order valence-electron chi connectivity index (χ4n) is 3.19. The number of hydrogen-bond acceptors (Lipinski definition) is 6. The Hall–Kier alpha value is -2.44. The van der Waals surface area contributed by atoms with Gasteiger partial charge in [-0.1, -0.05) is 0 Å². The smallest absolute Gasteiger partial charge is 0.475 e. The number of halogens is 3. The summed E-state index contributed by atoms with van der Waals surface area (Å²) < 4.78 is 39.6. The zero-order valence-corrected chi connectivity index (χ0v) is 16.6. The number of carbonyl (C=O) groups is 2. The summed E-state index contributed by atoms with van der Waals surface area (Å²) in [7, 11) is 0. The number of rotatable bonds is 5. The maximum absolute atomic E-state index is 12.2. The number of alkyl halides is 3. The summed E-state index contributed by atoms with van der Waals surface area (Å²) in [5, 5.41) is 21.8. The first kappa shape index (κ1) is 22.2. The fourth-order valence-corrected chi connectivity index (χ4v) is 3.85. The Labute approximate surface area is 174 Å². The molecule has 1 spiro atoms. The third-order valence-corrected chi connectivity index (χ3v) is 5.45. The average Bonchev–Trinajstić information content (AvgIpc) is 3.36. The van der Waals surface area contributed by atoms with E-state index in [0.717, 1.165) is 32.5 Å². The van der Waals surface area contributed by atoms with Crippen molar-refractivity contribution in [1.82, 2.24) is 15.1 Å². The van der Waals surface area contributed by atoms with Gasteiger partial charge in [-0.25, -0.2) is 4.79 Å². The zero-order valence-electron chi connectivity index (χ0n) is 15.8. The largest absolute Gasteiger partial charge is 0.490 e. The molecular weight excluding hydrogens is 425 g/mol. The van der Waals surface area contributed by atoms with Gasteiger partial charge in [0, 0.05) is 25.4 Å². The number of anilines is 1. The monoisotopic (exact) mass is 446 g/mol. The molecule has 0 aromatic carbocycles. The van der Waals surface area contributed by atoms with Crippen LogP contribution < -0.4 is 10.6 Å². The van der Waals surface area contributed by atoms with Gasteiger partial charge in [-0.3, -0.25) is 9.48 Å². The number of ether oxygens (including phenoxy) is 1. The highest BCUT2D eigenvalue weighted by Crippen LogP contribution is 2.34. The van der Waals surface area contributed by atoms with Gasteiger partial charge in [-0.2, -0.15) is 29.6 Å². The van der Waals surface area contributed by atoms with Gasteiger partial charge in [-0.05, 0) is 35.2 Å². The molecule has 3 N–H and O–H groups in total. The second-order valence-corrected chi connectivity index (χ2v) is 7.93. The third-order valence-electron chi connectivity index (χ3n) is 4.72. The van der Waals surface area contributed by atoms with Gasteiger partial charge in [0.15, 0.2) is 5.82 Å². The van der Waals surface area contributed by atoms with E-state index in [1.54, 1.807) is 11.3 Å². The number of nitrogens with one attached hydrogen (secondary N) is 2. The number of carboxylic acid groups (broad SMARTS) is 1. The van der Waals surface area contributed by atoms with E-state index in [1.165, 1.54) is 5.56 Å². The van der Waals surface area contributed by atoms with Crippen molar-refractivity contribution >= 4 is 29.0 Å². The lowest BCUT2D eigenvalue weighted by Crippen LogP contribution is -2.59. The molecule has 2 aliphatic rings. The number of aromatic nitrogens is 2. The van der Waals surface area contributed by atoms with Crippen LogP contribution in [0.25, 0.3) is 0 Å². The van der Waals surface area contributed by atoms with Gasteiger partial charge < -0.3 is 20.5 Å². The van der Waals surface area contributed by atoms with Crippen LogP contribution in [0.15, 0.2) is 29.1 Å². The molecule has 0 saturated carbocycles. The van der Waals surface area contributed by atoms with Crippen molar-refractivity contribution in [2.75, 3.05) is 18.4 Å². The van der Waals surface area contributed by atoms with Crippen LogP contribution in [0.1, 0.15) is 24.8 Å². The molecule has 1 atom stereocenters. The molecule has 4 heterocycles. The van der Waals surface area contributed by atoms with Gasteiger partial charge >= 0.3 is 12.1 Å². The Bertz CT molecular complexity index is 865. The highest BCUT2D eigenvalue weighted by atomic mass is 32.1. The molecule has 164 valence electrons. The minimum absolute atomic E-state index is 0.00700. The molecule has 2 aliphatic heterocycles. The summed E-state index contributed by atoms with van der Waals surface area (Å²) in [6.07, 6.45) is -0.757. The van der Waals surface area contributed by atoms with E-state index in [-0.39, 0.29) is 17.6 Å². The molecule has 2 aromatic rings. The van der Waals surface area contributed by atoms with E-state index in [4.69, 9.17) is 14.6 Å². The standard InChI is InChI=1S/C16H20N4O2S.C2HF3O2/c21-15(7-13-1-4-16(22-13)10-17-11-16)18-14-2-5-20(19-14)8-12-3-6-23-9-12;3-2(4,5)1(6)7/h2-3,5-6,9,13,17H,1,4,7-8,10-11H2,(H,18,19,21);(H,6,7). The molecule has 2 aromatic heterocycles. The van der Waals surface area contributed by atoms with Crippen molar-refractivity contribution in [2.24, 2.45) is 0 Å². The van der Waals surface area contributed by atoms with E-state index in [9.17, 15) is 18.0 Å². The minimum Gasteiger partial charge on any atom is -0.475 e. The van der Waals surface area contributed by atoms with E-state index in [1.807, 2.05) is 22.3 Å². The molecule has 0 radical (unpaired) electrons. The average molecular weight is 446 g/mol. The number of hydrogen-bond donors (Lipinski definition) is 3. The summed E-state index contributed by atoms with van der Waals surface area (Å²) in [4.78, 5) is 21.1. The second-order valence-electron chi connectivity index (χ2n) is 7.15. The predicted octanol–water partition coefficient (Wildman–Crippen LogP) is 2.48. The highest BCUT2D eigenvalue weighted by Gasteiger charge is 2.45. The van der Waals surface area contributed by atoms with Crippen LogP contribution in [0.5, 0.6) is 0 Å². The number of carboxylic acids is 1. The molecule has 2 saturated heterocycles. The fraction of sp³-hybridized carbons (Fsp3) is 0.500. The van der Waals surface area contributed by atoms with Crippen molar-refractivity contribution < 1.29 is 32.6 Å². The van der Waals surface area contributed by atoms with Crippen molar-refractivity contribution in [3.05, 3.63) is 34.7 Å². The molecule has 12 heteroatoms. The van der Waals surface area contributed by atoms with Crippen LogP contribution in [0.2, 0.25) is 0 Å². The van der Waals surface area contributed by atoms with Crippen molar-refractivity contribution in [1.29, 1.82) is 0 Å². The molecule has 4 rings (SSSR count). The van der Waals surface area contributed by atoms with Gasteiger partial charge in [0.25, 0.3) is 0 Å². The first-order valence-electron chi connectivity index (χ1n) is 9.18. The van der Waals surface area contributed by atoms with E-state index >= 15 is 0 Å². The Morgan fingerprint density at radius 3 is 2.67 bits per heavy atom. The van der Waals surface area contributed by atoms with Crippen molar-refractivity contribution in [3.8, 4) is 0 Å². The molecule has 30 heavy (non-hydrogen) atoms. The lowest BCUT2D eigenvalue weighted by atomic mass is 9.93. The van der Waals surface area contributed by atoms with Gasteiger partial charge in [-0.15, -0.1) is 0 Å². The number of aliphatic carboxylic acids is 1. The molecule has 2 fully saturated rings. The molecule has 1 amide bonds. The SMILES string of the molecule is O=C(CC1CCC2(CNC2)O1)Nc1ccn(Cc2ccsc2)n1.O=C(O)C(F)(F)F. The number of amides is 1. The molecule has 0 bridgehead atoms. The van der Waals surface area contributed by atoms with Crippen LogP contribution in [0.4, 0.5) is 19.0 Å². The zero-order chi connectivity index (χ0) is 21.8. The van der Waals surface area contributed by atoms with Crippen LogP contribution in [0.3, 0.4) is 0 Å². The Morgan fingerprint density at radius 2 is 2.13 bits per heavy atom. The van der Waals surface area contributed by atoms with Gasteiger partial charge in [0.05, 0.1) is 24.7 Å². The van der Waals surface area contributed by atoms with E-state index in [2.05, 4.69) is 27.2 Å². The normalized spacial score (nSPS) is 19.6. The summed E-state index contributed by atoms with van der Waals surface area (Å²) in [6.45, 7) is 2.55. The third kappa shape index (κ3) is 6.03. The molecule has 8 nitrogen and oxygen atoms in total. The van der Waals surface area contributed by atoms with Crippen molar-refractivity contribution in [3.63, 3.8) is 0 Å². The Kier molecular flexibility index (Phi) is 6.78. The second kappa shape index (κ2) is 9.14. The van der Waals surface area contributed by atoms with Crippen LogP contribution in [-0.2, 0) is 20.9 Å². The van der Waals surface area contributed by atoms with Crippen molar-refractivity contribution in [2.45, 2.75) is 43.7 Å². The summed E-state index contributed by atoms with van der Waals surface area (Å²) in [6, 6.07) is 3.91. The van der Waals surface area contributed by atoms with Crippen LogP contribution >= 0.6 is 11.3 Å². The number of thiophene rings is 1. The quantitative estimate of drug-likeness (QED) is 0.652. The first-order valence-corrected chi connectivity index (χ1v) is 10.1. The molecular formula is C18H21F3N4O4S. The first-order chi connectivity index (χ1) is 14.2. The topological polar surface area (TPSA) is 105 Å². The Morgan fingerprint density at radius 1 is 1.40 bits per heavy atom. The molecule has 1 unspecified atom stereocenters. The van der Waals surface area contributed by atoms with Crippen LogP contribution in [-0.4, -0.2) is 57.7 Å². The minimum atomic E-state index is -5.08. The predicted molar refractivity (Wildman–Crippen MR) is 102 cm³/mol. The number of nitrogens with zero attached hydrogens (tertiary/aromatic N) is 2. The van der Waals surface area contributed by atoms with E-state index < -0.39 is 12.1 Å². The summed E-state index contributed by atoms with van der Waals surface area (Å²) in [5.41, 5.74) is 1.22. The highest BCUT2D eigenvalue weighted by molar-refractivity contribution is 7.07. The van der Waals surface area contributed by atoms with E-state index in [0.29, 0.717) is 12.2 Å². The van der Waals surface area contributed by atoms with Gasteiger partial charge in [0.2, 0.25) is 5.91 Å².